The first kappa shape index (κ1) is 21.0. The fourth-order valence-electron chi connectivity index (χ4n) is 3.55. The summed E-state index contributed by atoms with van der Waals surface area (Å²) in [6.45, 7) is 3.07. The first-order valence-corrected chi connectivity index (χ1v) is 11.3. The number of halogens is 2. The Kier molecular flexibility index (Phi) is 5.71. The van der Waals surface area contributed by atoms with Crippen molar-refractivity contribution in [3.8, 4) is 0 Å². The maximum Gasteiger partial charge on any atom is 0.322 e. The second-order valence-electron chi connectivity index (χ2n) is 7.36. The number of nitrogens with one attached hydrogen (secondary N) is 2. The molecule has 162 valence electrons. The fraction of sp³-hybridized carbons (Fsp3) is 0.444. The molecule has 30 heavy (non-hydrogen) atoms. The molecule has 4 rings (SSSR count). The molecule has 2 N–H and O–H groups in total. The Labute approximate surface area is 178 Å². The van der Waals surface area contributed by atoms with E-state index < -0.39 is 21.9 Å². The molecule has 0 spiro atoms. The largest absolute Gasteiger partial charge is 0.380 e. The minimum absolute atomic E-state index is 0.0453. The highest BCUT2D eigenvalue weighted by Crippen LogP contribution is 2.26. The van der Waals surface area contributed by atoms with Crippen molar-refractivity contribution in [2.45, 2.75) is 43.4 Å². The van der Waals surface area contributed by atoms with Crippen molar-refractivity contribution in [3.63, 3.8) is 0 Å². The Hall–Kier alpha value is -2.21. The zero-order chi connectivity index (χ0) is 21.5. The van der Waals surface area contributed by atoms with Crippen LogP contribution >= 0.6 is 11.6 Å². The number of ether oxygens (including phenoxy) is 1. The van der Waals surface area contributed by atoms with Crippen LogP contribution in [-0.4, -0.2) is 54.4 Å². The van der Waals surface area contributed by atoms with E-state index in [2.05, 4.69) is 15.1 Å². The highest BCUT2D eigenvalue weighted by atomic mass is 35.5. The normalized spacial score (nSPS) is 21.5. The summed E-state index contributed by atoms with van der Waals surface area (Å²) in [5.74, 6) is -0.583. The maximum atomic E-state index is 13.3. The minimum atomic E-state index is -3.81. The number of rotatable bonds is 4. The fourth-order valence-corrected chi connectivity index (χ4v) is 5.15. The third-order valence-electron chi connectivity index (χ3n) is 5.17. The number of carbonyl (C=O) groups excluding carboxylic acids is 1. The minimum Gasteiger partial charge on any atom is -0.380 e. The molecule has 12 heteroatoms. The van der Waals surface area contributed by atoms with Gasteiger partial charge in [-0.1, -0.05) is 11.6 Å². The monoisotopic (exact) mass is 457 g/mol. The molecule has 1 fully saturated rings. The summed E-state index contributed by atoms with van der Waals surface area (Å²) >= 11 is 5.77. The molecule has 1 saturated heterocycles. The summed E-state index contributed by atoms with van der Waals surface area (Å²) in [4.78, 5) is 14.4. The van der Waals surface area contributed by atoms with Gasteiger partial charge < -0.3 is 15.0 Å². The number of benzene rings is 1. The van der Waals surface area contributed by atoms with Crippen molar-refractivity contribution >= 4 is 33.3 Å². The van der Waals surface area contributed by atoms with Crippen LogP contribution in [-0.2, 0) is 27.8 Å². The zero-order valence-corrected chi connectivity index (χ0v) is 17.7. The van der Waals surface area contributed by atoms with Gasteiger partial charge in [0.15, 0.2) is 0 Å². The second kappa shape index (κ2) is 8.14. The van der Waals surface area contributed by atoms with Gasteiger partial charge in [0.2, 0.25) is 10.0 Å². The average Bonchev–Trinajstić information content (AvgIpc) is 3.33. The zero-order valence-electron chi connectivity index (χ0n) is 16.1. The topological polar surface area (TPSA) is 106 Å². The quantitative estimate of drug-likeness (QED) is 0.732. The molecule has 0 saturated carbocycles. The van der Waals surface area contributed by atoms with Crippen LogP contribution < -0.4 is 10.0 Å². The molecule has 1 aromatic heterocycles. The number of amides is 2. The summed E-state index contributed by atoms with van der Waals surface area (Å²) < 4.78 is 48.5. The molecule has 0 unspecified atom stereocenters. The maximum absolute atomic E-state index is 13.3. The molecule has 0 bridgehead atoms. The van der Waals surface area contributed by atoms with E-state index >= 15 is 0 Å². The van der Waals surface area contributed by atoms with E-state index in [9.17, 15) is 17.6 Å². The molecular weight excluding hydrogens is 437 g/mol. The number of aromatic nitrogens is 2. The number of hydrogen-bond donors (Lipinski definition) is 2. The van der Waals surface area contributed by atoms with E-state index in [0.29, 0.717) is 37.6 Å². The van der Waals surface area contributed by atoms with Crippen molar-refractivity contribution < 1.29 is 22.3 Å². The molecule has 2 aromatic rings. The van der Waals surface area contributed by atoms with E-state index in [4.69, 9.17) is 16.3 Å². The van der Waals surface area contributed by atoms with Gasteiger partial charge in [-0.3, -0.25) is 4.68 Å². The molecule has 9 nitrogen and oxygen atoms in total. The van der Waals surface area contributed by atoms with Gasteiger partial charge in [0, 0.05) is 18.3 Å². The highest BCUT2D eigenvalue weighted by Gasteiger charge is 2.34. The SMILES string of the molecule is C[C@H]1Cn2ncc(S(=O)(=O)N[C@H]3CCOC3)c2CN1C(=O)Nc1ccc(F)c(Cl)c1. The molecule has 1 aromatic carbocycles. The lowest BCUT2D eigenvalue weighted by Gasteiger charge is -2.34. The van der Waals surface area contributed by atoms with E-state index in [1.165, 1.54) is 23.2 Å². The van der Waals surface area contributed by atoms with Crippen LogP contribution in [0.3, 0.4) is 0 Å². The number of urea groups is 1. The average molecular weight is 458 g/mol. The molecular formula is C18H21ClFN5O4S. The Morgan fingerprint density at radius 2 is 2.20 bits per heavy atom. The van der Waals surface area contributed by atoms with Gasteiger partial charge in [-0.25, -0.2) is 22.3 Å². The predicted molar refractivity (Wildman–Crippen MR) is 107 cm³/mol. The number of anilines is 1. The van der Waals surface area contributed by atoms with Gasteiger partial charge in [-0.2, -0.15) is 5.10 Å². The van der Waals surface area contributed by atoms with Crippen molar-refractivity contribution in [2.24, 2.45) is 0 Å². The standard InChI is InChI=1S/C18H21ClFN5O4S/c1-11-8-25-16(17(7-21-25)30(27,28)23-13-4-5-29-10-13)9-24(11)18(26)22-12-2-3-15(20)14(19)6-12/h2-3,6-7,11,13,23H,4-5,8-10H2,1H3,(H,22,26)/t11-,13-/m0/s1. The lowest BCUT2D eigenvalue weighted by Crippen LogP contribution is -2.47. The molecule has 0 radical (unpaired) electrons. The predicted octanol–water partition coefficient (Wildman–Crippen LogP) is 2.18. The van der Waals surface area contributed by atoms with Crippen molar-refractivity contribution in [3.05, 3.63) is 40.9 Å². The van der Waals surface area contributed by atoms with E-state index in [1.807, 2.05) is 6.92 Å². The first-order chi connectivity index (χ1) is 14.2. The van der Waals surface area contributed by atoms with E-state index in [1.54, 1.807) is 4.68 Å². The molecule has 2 aliphatic rings. The number of carbonyl (C=O) groups is 1. The van der Waals surface area contributed by atoms with Gasteiger partial charge in [-0.15, -0.1) is 0 Å². The smallest absolute Gasteiger partial charge is 0.322 e. The number of nitrogens with zero attached hydrogens (tertiary/aromatic N) is 3. The summed E-state index contributed by atoms with van der Waals surface area (Å²) in [6, 6.07) is 2.92. The van der Waals surface area contributed by atoms with E-state index in [0.717, 1.165) is 6.07 Å². The third kappa shape index (κ3) is 4.15. The van der Waals surface area contributed by atoms with Crippen LogP contribution in [0.15, 0.2) is 29.3 Å². The van der Waals surface area contributed by atoms with Gasteiger partial charge in [0.05, 0.1) is 42.7 Å². The molecule has 3 heterocycles. The van der Waals surface area contributed by atoms with Gasteiger partial charge in [0.1, 0.15) is 10.7 Å². The van der Waals surface area contributed by atoms with Crippen LogP contribution in [0.1, 0.15) is 19.0 Å². The summed E-state index contributed by atoms with van der Waals surface area (Å²) in [7, 11) is -3.81. The molecule has 0 aliphatic carbocycles. The van der Waals surface area contributed by atoms with Crippen LogP contribution in [0.25, 0.3) is 0 Å². The first-order valence-electron chi connectivity index (χ1n) is 9.42. The highest BCUT2D eigenvalue weighted by molar-refractivity contribution is 7.89. The number of fused-ring (bicyclic) bond motifs is 1. The van der Waals surface area contributed by atoms with Crippen molar-refractivity contribution in [1.82, 2.24) is 19.4 Å². The third-order valence-corrected chi connectivity index (χ3v) is 7.03. The Morgan fingerprint density at radius 3 is 2.90 bits per heavy atom. The van der Waals surface area contributed by atoms with E-state index in [-0.39, 0.29) is 28.5 Å². The van der Waals surface area contributed by atoms with Crippen LogP contribution in [0.2, 0.25) is 5.02 Å². The summed E-state index contributed by atoms with van der Waals surface area (Å²) in [6.07, 6.45) is 1.91. The Balaban J connectivity index is 1.54. The summed E-state index contributed by atoms with van der Waals surface area (Å²) in [5.41, 5.74) is 0.764. The lowest BCUT2D eigenvalue weighted by molar-refractivity contribution is 0.160. The van der Waals surface area contributed by atoms with Crippen LogP contribution in [0, 0.1) is 5.82 Å². The van der Waals surface area contributed by atoms with Crippen molar-refractivity contribution in [1.29, 1.82) is 0 Å². The second-order valence-corrected chi connectivity index (χ2v) is 9.44. The Morgan fingerprint density at radius 1 is 1.40 bits per heavy atom. The van der Waals surface area contributed by atoms with Crippen LogP contribution in [0.4, 0.5) is 14.9 Å². The van der Waals surface area contributed by atoms with Crippen LogP contribution in [0.5, 0.6) is 0 Å². The number of sulfonamides is 1. The molecule has 2 amide bonds. The summed E-state index contributed by atoms with van der Waals surface area (Å²) in [5, 5.41) is 6.77. The molecule has 2 atom stereocenters. The van der Waals surface area contributed by atoms with Gasteiger partial charge in [-0.05, 0) is 31.5 Å². The Bertz CT molecular complexity index is 1070. The van der Waals surface area contributed by atoms with Gasteiger partial charge >= 0.3 is 6.03 Å². The lowest BCUT2D eigenvalue weighted by atomic mass is 10.2. The van der Waals surface area contributed by atoms with Gasteiger partial charge in [0.25, 0.3) is 0 Å². The van der Waals surface area contributed by atoms with Crippen molar-refractivity contribution in [2.75, 3.05) is 18.5 Å². The molecule has 2 aliphatic heterocycles. The number of hydrogen-bond acceptors (Lipinski definition) is 5.